The minimum Gasteiger partial charge on any atom is -0.0955 e. The van der Waals surface area contributed by atoms with Crippen molar-refractivity contribution < 1.29 is 0 Å². The van der Waals surface area contributed by atoms with E-state index in [4.69, 9.17) is 0 Å². The lowest BCUT2D eigenvalue weighted by Crippen LogP contribution is -2.04. The van der Waals surface area contributed by atoms with Gasteiger partial charge in [-0.1, -0.05) is 55.5 Å². The molecule has 2 aliphatic rings. The summed E-state index contributed by atoms with van der Waals surface area (Å²) in [6.07, 6.45) is 6.02. The number of rotatable bonds is 2. The van der Waals surface area contributed by atoms with Gasteiger partial charge in [0, 0.05) is 5.92 Å². The quantitative estimate of drug-likeness (QED) is 0.633. The monoisotopic (exact) mass is 262 g/mol. The molecule has 1 atom stereocenters. The largest absolute Gasteiger partial charge is 0.0955 e. The van der Waals surface area contributed by atoms with Crippen LogP contribution < -0.4 is 0 Å². The molecule has 3 rings (SSSR count). The maximum Gasteiger partial charge on any atom is 0.00350 e. The SMILES string of the molecule is C=C1CCCC2=C1C=C(c1cccc(C(=C)C)c1)C2C. The first kappa shape index (κ1) is 13.2. The fourth-order valence-electron chi connectivity index (χ4n) is 3.40. The van der Waals surface area contributed by atoms with Gasteiger partial charge in [-0.3, -0.25) is 0 Å². The molecule has 0 bridgehead atoms. The van der Waals surface area contributed by atoms with Gasteiger partial charge in [-0.05, 0) is 60.1 Å². The molecule has 0 heteroatoms. The first-order chi connectivity index (χ1) is 9.58. The zero-order valence-corrected chi connectivity index (χ0v) is 12.5. The zero-order valence-electron chi connectivity index (χ0n) is 12.5. The van der Waals surface area contributed by atoms with Gasteiger partial charge in [-0.2, -0.15) is 0 Å². The van der Waals surface area contributed by atoms with Crippen LogP contribution in [-0.2, 0) is 0 Å². The van der Waals surface area contributed by atoms with E-state index >= 15 is 0 Å². The molecule has 102 valence electrons. The van der Waals surface area contributed by atoms with E-state index in [-0.39, 0.29) is 0 Å². The molecule has 0 spiro atoms. The van der Waals surface area contributed by atoms with Gasteiger partial charge in [0.2, 0.25) is 0 Å². The Morgan fingerprint density at radius 3 is 2.75 bits per heavy atom. The Morgan fingerprint density at radius 1 is 1.25 bits per heavy atom. The van der Waals surface area contributed by atoms with E-state index in [0.29, 0.717) is 5.92 Å². The minimum absolute atomic E-state index is 0.530. The van der Waals surface area contributed by atoms with Crippen LogP contribution in [0.1, 0.15) is 44.2 Å². The Morgan fingerprint density at radius 2 is 2.05 bits per heavy atom. The van der Waals surface area contributed by atoms with E-state index in [2.05, 4.69) is 57.3 Å². The molecule has 0 aromatic heterocycles. The molecule has 1 unspecified atom stereocenters. The van der Waals surface area contributed by atoms with Crippen LogP contribution in [0.25, 0.3) is 11.1 Å². The van der Waals surface area contributed by atoms with Crippen LogP contribution in [0.15, 0.2) is 60.2 Å². The Balaban J connectivity index is 2.01. The molecule has 2 aliphatic carbocycles. The van der Waals surface area contributed by atoms with Crippen LogP contribution >= 0.6 is 0 Å². The Kier molecular flexibility index (Phi) is 3.25. The van der Waals surface area contributed by atoms with Crippen molar-refractivity contribution in [3.63, 3.8) is 0 Å². The second-order valence-electron chi connectivity index (χ2n) is 6.08. The predicted octanol–water partition coefficient (Wildman–Crippen LogP) is 5.79. The summed E-state index contributed by atoms with van der Waals surface area (Å²) in [6, 6.07) is 8.76. The van der Waals surface area contributed by atoms with Gasteiger partial charge in [0.1, 0.15) is 0 Å². The summed E-state index contributed by atoms with van der Waals surface area (Å²) in [4.78, 5) is 0. The normalized spacial score (nSPS) is 21.8. The highest BCUT2D eigenvalue weighted by molar-refractivity contribution is 5.80. The molecule has 0 heterocycles. The fourth-order valence-corrected chi connectivity index (χ4v) is 3.40. The molecule has 1 aromatic rings. The third-order valence-corrected chi connectivity index (χ3v) is 4.63. The molecule has 0 aliphatic heterocycles. The summed E-state index contributed by atoms with van der Waals surface area (Å²) < 4.78 is 0. The van der Waals surface area contributed by atoms with E-state index in [0.717, 1.165) is 12.0 Å². The summed E-state index contributed by atoms with van der Waals surface area (Å²) >= 11 is 0. The maximum atomic E-state index is 4.25. The maximum absolute atomic E-state index is 4.25. The van der Waals surface area contributed by atoms with Gasteiger partial charge in [-0.25, -0.2) is 0 Å². The number of benzene rings is 1. The molecule has 0 saturated carbocycles. The van der Waals surface area contributed by atoms with Crippen LogP contribution in [0.5, 0.6) is 0 Å². The second kappa shape index (κ2) is 4.94. The molecule has 0 saturated heterocycles. The average Bonchev–Trinajstić information content (AvgIpc) is 2.78. The third kappa shape index (κ3) is 2.10. The lowest BCUT2D eigenvalue weighted by molar-refractivity contribution is 0.712. The topological polar surface area (TPSA) is 0 Å². The van der Waals surface area contributed by atoms with Gasteiger partial charge in [0.05, 0.1) is 0 Å². The smallest absolute Gasteiger partial charge is 0.00350 e. The van der Waals surface area contributed by atoms with Crippen molar-refractivity contribution in [1.29, 1.82) is 0 Å². The van der Waals surface area contributed by atoms with Crippen molar-refractivity contribution in [2.45, 2.75) is 33.1 Å². The van der Waals surface area contributed by atoms with Crippen molar-refractivity contribution in [1.82, 2.24) is 0 Å². The van der Waals surface area contributed by atoms with Crippen molar-refractivity contribution in [2.75, 3.05) is 0 Å². The fraction of sp³-hybridized carbons (Fsp3) is 0.300. The molecule has 0 amide bonds. The summed E-state index contributed by atoms with van der Waals surface area (Å²) in [5.74, 6) is 0.530. The number of hydrogen-bond acceptors (Lipinski definition) is 0. The predicted molar refractivity (Wildman–Crippen MR) is 88.3 cm³/mol. The van der Waals surface area contributed by atoms with E-state index in [1.807, 2.05) is 0 Å². The van der Waals surface area contributed by atoms with Gasteiger partial charge in [0.25, 0.3) is 0 Å². The molecule has 0 radical (unpaired) electrons. The number of allylic oxidation sites excluding steroid dienone is 6. The Labute approximate surface area is 122 Å². The van der Waals surface area contributed by atoms with Crippen molar-refractivity contribution in [3.8, 4) is 0 Å². The lowest BCUT2D eigenvalue weighted by Gasteiger charge is -2.20. The number of hydrogen-bond donors (Lipinski definition) is 0. The molecule has 20 heavy (non-hydrogen) atoms. The van der Waals surface area contributed by atoms with Crippen molar-refractivity contribution >= 4 is 11.1 Å². The van der Waals surface area contributed by atoms with Gasteiger partial charge in [0.15, 0.2) is 0 Å². The highest BCUT2D eigenvalue weighted by atomic mass is 14.3. The second-order valence-corrected chi connectivity index (χ2v) is 6.08. The molecule has 0 fully saturated rings. The third-order valence-electron chi connectivity index (χ3n) is 4.63. The van der Waals surface area contributed by atoms with Crippen LogP contribution in [0.4, 0.5) is 0 Å². The highest BCUT2D eigenvalue weighted by Crippen LogP contribution is 2.45. The first-order valence-corrected chi connectivity index (χ1v) is 7.47. The van der Waals surface area contributed by atoms with Crippen molar-refractivity contribution in [2.24, 2.45) is 5.92 Å². The molecule has 0 nitrogen and oxygen atoms in total. The summed E-state index contributed by atoms with van der Waals surface area (Å²) in [5, 5.41) is 0. The van der Waals surface area contributed by atoms with Crippen LogP contribution in [0, 0.1) is 5.92 Å². The van der Waals surface area contributed by atoms with Gasteiger partial charge in [-0.15, -0.1) is 0 Å². The average molecular weight is 262 g/mol. The molecular formula is C20H22. The van der Waals surface area contributed by atoms with Crippen LogP contribution in [-0.4, -0.2) is 0 Å². The minimum atomic E-state index is 0.530. The molecule has 1 aromatic carbocycles. The van der Waals surface area contributed by atoms with E-state index < -0.39 is 0 Å². The molecular weight excluding hydrogens is 240 g/mol. The standard InChI is InChI=1S/C20H22/c1-13(2)16-8-6-9-17(11-16)20-12-19-14(3)7-5-10-18(19)15(20)4/h6,8-9,11-12,15H,1,3,5,7,10H2,2,4H3. The molecule has 0 N–H and O–H groups in total. The zero-order chi connectivity index (χ0) is 14.3. The van der Waals surface area contributed by atoms with Crippen LogP contribution in [0.3, 0.4) is 0 Å². The summed E-state index contributed by atoms with van der Waals surface area (Å²) in [6.45, 7) is 12.7. The first-order valence-electron chi connectivity index (χ1n) is 7.47. The summed E-state index contributed by atoms with van der Waals surface area (Å²) in [7, 11) is 0. The summed E-state index contributed by atoms with van der Waals surface area (Å²) in [5.41, 5.74) is 9.49. The van der Waals surface area contributed by atoms with E-state index in [9.17, 15) is 0 Å². The highest BCUT2D eigenvalue weighted by Gasteiger charge is 2.28. The van der Waals surface area contributed by atoms with Crippen LogP contribution in [0.2, 0.25) is 0 Å². The lowest BCUT2D eigenvalue weighted by atomic mass is 9.84. The van der Waals surface area contributed by atoms with E-state index in [1.54, 1.807) is 5.57 Å². The van der Waals surface area contributed by atoms with Gasteiger partial charge < -0.3 is 0 Å². The van der Waals surface area contributed by atoms with E-state index in [1.165, 1.54) is 40.7 Å². The van der Waals surface area contributed by atoms with Crippen molar-refractivity contribution in [3.05, 3.63) is 71.3 Å². The van der Waals surface area contributed by atoms with Gasteiger partial charge >= 0.3 is 0 Å². The Bertz CT molecular complexity index is 652. The Hall–Kier alpha value is -1.82.